The summed E-state index contributed by atoms with van der Waals surface area (Å²) in [5, 5.41) is 20.9. The van der Waals surface area contributed by atoms with E-state index in [9.17, 15) is 0 Å². The van der Waals surface area contributed by atoms with Crippen molar-refractivity contribution in [2.45, 2.75) is 13.8 Å². The number of benzene rings is 1. The van der Waals surface area contributed by atoms with E-state index in [0.29, 0.717) is 18.0 Å². The Kier molecular flexibility index (Phi) is 4.36. The van der Waals surface area contributed by atoms with Crippen LogP contribution in [0.5, 0.6) is 0 Å². The summed E-state index contributed by atoms with van der Waals surface area (Å²) in [6.45, 7) is 4.67. The third-order valence-electron chi connectivity index (χ3n) is 2.49. The van der Waals surface area contributed by atoms with Gasteiger partial charge in [0, 0.05) is 12.2 Å². The normalized spacial score (nSPS) is 11.6. The van der Waals surface area contributed by atoms with Crippen LogP contribution in [-0.4, -0.2) is 6.54 Å². The van der Waals surface area contributed by atoms with Crippen LogP contribution in [0.3, 0.4) is 0 Å². The van der Waals surface area contributed by atoms with Gasteiger partial charge >= 0.3 is 0 Å². The zero-order valence-corrected chi connectivity index (χ0v) is 9.57. The van der Waals surface area contributed by atoms with Crippen LogP contribution in [0.15, 0.2) is 24.3 Å². The first-order chi connectivity index (χ1) is 7.67. The second-order valence-corrected chi connectivity index (χ2v) is 4.05. The quantitative estimate of drug-likeness (QED) is 0.836. The number of rotatable bonds is 4. The van der Waals surface area contributed by atoms with Gasteiger partial charge in [0.1, 0.15) is 0 Å². The molecule has 0 amide bonds. The molecule has 1 rings (SSSR count). The lowest BCUT2D eigenvalue weighted by atomic mass is 9.97. The van der Waals surface area contributed by atoms with E-state index in [1.54, 1.807) is 12.1 Å². The van der Waals surface area contributed by atoms with E-state index in [1.165, 1.54) is 0 Å². The molecule has 0 radical (unpaired) electrons. The van der Waals surface area contributed by atoms with Crippen molar-refractivity contribution >= 4 is 5.69 Å². The average Bonchev–Trinajstić information content (AvgIpc) is 2.29. The molecule has 0 saturated heterocycles. The molecule has 0 aliphatic carbocycles. The SMILES string of the molecule is CC(C)C(C#N)CNc1cccc(C#N)c1. The summed E-state index contributed by atoms with van der Waals surface area (Å²) >= 11 is 0. The van der Waals surface area contributed by atoms with Crippen LogP contribution < -0.4 is 5.32 Å². The highest BCUT2D eigenvalue weighted by atomic mass is 14.9. The average molecular weight is 213 g/mol. The minimum Gasteiger partial charge on any atom is -0.384 e. The molecule has 1 unspecified atom stereocenters. The maximum absolute atomic E-state index is 8.93. The van der Waals surface area contributed by atoms with Crippen LogP contribution >= 0.6 is 0 Å². The lowest BCUT2D eigenvalue weighted by Crippen LogP contribution is -2.17. The molecule has 0 spiro atoms. The topological polar surface area (TPSA) is 59.6 Å². The van der Waals surface area contributed by atoms with Gasteiger partial charge in [-0.15, -0.1) is 0 Å². The van der Waals surface area contributed by atoms with E-state index < -0.39 is 0 Å². The van der Waals surface area contributed by atoms with E-state index in [-0.39, 0.29) is 5.92 Å². The first kappa shape index (κ1) is 12.1. The fraction of sp³-hybridized carbons (Fsp3) is 0.385. The Morgan fingerprint density at radius 3 is 2.62 bits per heavy atom. The van der Waals surface area contributed by atoms with Gasteiger partial charge in [-0.05, 0) is 24.1 Å². The van der Waals surface area contributed by atoms with Gasteiger partial charge in [-0.3, -0.25) is 0 Å². The van der Waals surface area contributed by atoms with Crippen LogP contribution in [-0.2, 0) is 0 Å². The first-order valence-electron chi connectivity index (χ1n) is 5.31. The summed E-state index contributed by atoms with van der Waals surface area (Å²) in [6, 6.07) is 11.6. The molecule has 1 N–H and O–H groups in total. The summed E-state index contributed by atoms with van der Waals surface area (Å²) in [5.41, 5.74) is 1.52. The van der Waals surface area contributed by atoms with Crippen LogP contribution in [0.2, 0.25) is 0 Å². The third kappa shape index (κ3) is 3.29. The van der Waals surface area contributed by atoms with Gasteiger partial charge < -0.3 is 5.32 Å². The number of nitrogens with one attached hydrogen (secondary N) is 1. The summed E-state index contributed by atoms with van der Waals surface area (Å²) in [4.78, 5) is 0. The molecule has 82 valence electrons. The standard InChI is InChI=1S/C13H15N3/c1-10(2)12(8-15)9-16-13-5-3-4-11(6-13)7-14/h3-6,10,12,16H,9H2,1-2H3. The number of hydrogen-bond acceptors (Lipinski definition) is 3. The van der Waals surface area contributed by atoms with Gasteiger partial charge in [0.15, 0.2) is 0 Å². The molecule has 3 nitrogen and oxygen atoms in total. The Labute approximate surface area is 96.3 Å². The fourth-order valence-electron chi connectivity index (χ4n) is 1.36. The van der Waals surface area contributed by atoms with Gasteiger partial charge in [0.05, 0.1) is 23.6 Å². The Bertz CT molecular complexity index is 424. The molecule has 1 aromatic rings. The third-order valence-corrected chi connectivity index (χ3v) is 2.49. The smallest absolute Gasteiger partial charge is 0.0992 e. The van der Waals surface area contributed by atoms with Crippen molar-refractivity contribution in [1.29, 1.82) is 10.5 Å². The second kappa shape index (κ2) is 5.78. The van der Waals surface area contributed by atoms with Gasteiger partial charge in [0.25, 0.3) is 0 Å². The molecule has 0 heterocycles. The fourth-order valence-corrected chi connectivity index (χ4v) is 1.36. The molecule has 0 bridgehead atoms. The Morgan fingerprint density at radius 1 is 1.31 bits per heavy atom. The molecule has 0 fully saturated rings. The van der Waals surface area contributed by atoms with E-state index in [4.69, 9.17) is 10.5 Å². The molecule has 1 atom stereocenters. The summed E-state index contributed by atoms with van der Waals surface area (Å²) in [7, 11) is 0. The molecular weight excluding hydrogens is 198 g/mol. The number of nitriles is 2. The second-order valence-electron chi connectivity index (χ2n) is 4.05. The molecule has 1 aromatic carbocycles. The van der Waals surface area contributed by atoms with Gasteiger partial charge in [-0.25, -0.2) is 0 Å². The monoisotopic (exact) mass is 213 g/mol. The van der Waals surface area contributed by atoms with Crippen molar-refractivity contribution in [2.75, 3.05) is 11.9 Å². The Hall–Kier alpha value is -2.00. The highest BCUT2D eigenvalue weighted by molar-refractivity contribution is 5.49. The lowest BCUT2D eigenvalue weighted by molar-refractivity contribution is 0.496. The van der Waals surface area contributed by atoms with E-state index in [0.717, 1.165) is 5.69 Å². The van der Waals surface area contributed by atoms with Crippen LogP contribution in [0.25, 0.3) is 0 Å². The van der Waals surface area contributed by atoms with Crippen molar-refractivity contribution in [3.8, 4) is 12.1 Å². The molecular formula is C13H15N3. The van der Waals surface area contributed by atoms with Crippen molar-refractivity contribution in [3.05, 3.63) is 29.8 Å². The summed E-state index contributed by atoms with van der Waals surface area (Å²) in [5.74, 6) is 0.322. The predicted octanol–water partition coefficient (Wildman–Crippen LogP) is 2.77. The largest absolute Gasteiger partial charge is 0.384 e. The summed E-state index contributed by atoms with van der Waals surface area (Å²) in [6.07, 6.45) is 0. The Balaban J connectivity index is 2.61. The maximum atomic E-state index is 8.93. The van der Waals surface area contributed by atoms with Gasteiger partial charge in [-0.2, -0.15) is 10.5 Å². The van der Waals surface area contributed by atoms with Gasteiger partial charge in [-0.1, -0.05) is 19.9 Å². The van der Waals surface area contributed by atoms with Crippen molar-refractivity contribution in [1.82, 2.24) is 0 Å². The van der Waals surface area contributed by atoms with E-state index in [1.807, 2.05) is 26.0 Å². The predicted molar refractivity (Wildman–Crippen MR) is 63.6 cm³/mol. The van der Waals surface area contributed by atoms with E-state index >= 15 is 0 Å². The van der Waals surface area contributed by atoms with Crippen LogP contribution in [0.1, 0.15) is 19.4 Å². The van der Waals surface area contributed by atoms with Gasteiger partial charge in [0.2, 0.25) is 0 Å². The van der Waals surface area contributed by atoms with Crippen molar-refractivity contribution in [3.63, 3.8) is 0 Å². The molecule has 16 heavy (non-hydrogen) atoms. The highest BCUT2D eigenvalue weighted by Crippen LogP contribution is 2.13. The number of nitrogens with zero attached hydrogens (tertiary/aromatic N) is 2. The van der Waals surface area contributed by atoms with Crippen molar-refractivity contribution in [2.24, 2.45) is 11.8 Å². The van der Waals surface area contributed by atoms with Crippen molar-refractivity contribution < 1.29 is 0 Å². The first-order valence-corrected chi connectivity index (χ1v) is 5.31. The minimum absolute atomic E-state index is 0.00857. The number of anilines is 1. The zero-order chi connectivity index (χ0) is 12.0. The van der Waals surface area contributed by atoms with Crippen LogP contribution in [0.4, 0.5) is 5.69 Å². The minimum atomic E-state index is -0.00857. The number of hydrogen-bond donors (Lipinski definition) is 1. The maximum Gasteiger partial charge on any atom is 0.0992 e. The summed E-state index contributed by atoms with van der Waals surface area (Å²) < 4.78 is 0. The lowest BCUT2D eigenvalue weighted by Gasteiger charge is -2.14. The highest BCUT2D eigenvalue weighted by Gasteiger charge is 2.11. The molecule has 0 saturated carbocycles. The zero-order valence-electron chi connectivity index (χ0n) is 9.57. The van der Waals surface area contributed by atoms with E-state index in [2.05, 4.69) is 17.5 Å². The molecule has 0 aliphatic rings. The molecule has 0 aromatic heterocycles. The Morgan fingerprint density at radius 2 is 2.06 bits per heavy atom. The van der Waals surface area contributed by atoms with Crippen LogP contribution in [0, 0.1) is 34.5 Å². The molecule has 3 heteroatoms. The molecule has 0 aliphatic heterocycles.